The van der Waals surface area contributed by atoms with Gasteiger partial charge >= 0.3 is 0 Å². The second kappa shape index (κ2) is 8.53. The molecule has 0 aliphatic rings. The average Bonchev–Trinajstić information content (AvgIpc) is 2.35. The highest BCUT2D eigenvalue weighted by molar-refractivity contribution is 7.97. The van der Waals surface area contributed by atoms with Gasteiger partial charge in [-0.1, -0.05) is 31.5 Å². The Balaban J connectivity index is 2.39. The van der Waals surface area contributed by atoms with Crippen molar-refractivity contribution < 1.29 is 0 Å². The number of rotatable bonds is 8. The molecule has 1 aromatic rings. The molecule has 4 heteroatoms. The van der Waals surface area contributed by atoms with E-state index in [1.807, 2.05) is 0 Å². The van der Waals surface area contributed by atoms with Gasteiger partial charge in [0.2, 0.25) is 0 Å². The van der Waals surface area contributed by atoms with Gasteiger partial charge in [-0.3, -0.25) is 4.72 Å². The van der Waals surface area contributed by atoms with Crippen molar-refractivity contribution >= 4 is 11.9 Å². The molecule has 18 heavy (non-hydrogen) atoms. The third kappa shape index (κ3) is 5.87. The van der Waals surface area contributed by atoms with Crippen LogP contribution in [0.3, 0.4) is 0 Å². The van der Waals surface area contributed by atoms with E-state index in [0.29, 0.717) is 18.5 Å². The van der Waals surface area contributed by atoms with Gasteiger partial charge < -0.3 is 11.1 Å². The van der Waals surface area contributed by atoms with Gasteiger partial charge in [0, 0.05) is 30.6 Å². The standard InChI is InChI=1S/C14H25N3S/c1-11(2)14(10-16-9-8-15)17-18-13-6-4-12(3)5-7-13/h4-7,11,14,16-17H,8-10,15H2,1-3H3. The Morgan fingerprint density at radius 3 is 2.44 bits per heavy atom. The fourth-order valence-corrected chi connectivity index (χ4v) is 2.44. The minimum absolute atomic E-state index is 0.447. The molecule has 0 saturated carbocycles. The molecule has 1 aromatic carbocycles. The quantitative estimate of drug-likeness (QED) is 0.499. The molecule has 0 fully saturated rings. The Hall–Kier alpha value is -0.550. The molecule has 0 aliphatic heterocycles. The lowest BCUT2D eigenvalue weighted by Gasteiger charge is -2.22. The van der Waals surface area contributed by atoms with Crippen LogP contribution in [0, 0.1) is 12.8 Å². The highest BCUT2D eigenvalue weighted by Crippen LogP contribution is 2.17. The van der Waals surface area contributed by atoms with Crippen molar-refractivity contribution in [3.63, 3.8) is 0 Å². The first kappa shape index (κ1) is 15.5. The van der Waals surface area contributed by atoms with Crippen LogP contribution in [-0.2, 0) is 0 Å². The largest absolute Gasteiger partial charge is 0.329 e. The van der Waals surface area contributed by atoms with Crippen LogP contribution >= 0.6 is 11.9 Å². The maximum Gasteiger partial charge on any atom is 0.0322 e. The molecule has 0 bridgehead atoms. The van der Waals surface area contributed by atoms with E-state index in [9.17, 15) is 0 Å². The first-order valence-corrected chi connectivity index (χ1v) is 7.35. The molecule has 1 rings (SSSR count). The Morgan fingerprint density at radius 2 is 1.89 bits per heavy atom. The molecule has 1 atom stereocenters. The van der Waals surface area contributed by atoms with Crippen LogP contribution in [0.4, 0.5) is 0 Å². The molecule has 0 saturated heterocycles. The van der Waals surface area contributed by atoms with Crippen molar-refractivity contribution in [1.82, 2.24) is 10.0 Å². The molecule has 0 radical (unpaired) electrons. The number of nitrogens with one attached hydrogen (secondary N) is 2. The van der Waals surface area contributed by atoms with E-state index in [2.05, 4.69) is 55.1 Å². The predicted octanol–water partition coefficient (Wildman–Crippen LogP) is 2.16. The highest BCUT2D eigenvalue weighted by Gasteiger charge is 2.12. The second-order valence-electron chi connectivity index (χ2n) is 4.88. The normalized spacial score (nSPS) is 12.9. The second-order valence-corrected chi connectivity index (χ2v) is 5.79. The van der Waals surface area contributed by atoms with Gasteiger partial charge in [0.1, 0.15) is 0 Å². The summed E-state index contributed by atoms with van der Waals surface area (Å²) in [4.78, 5) is 1.25. The smallest absolute Gasteiger partial charge is 0.0322 e. The van der Waals surface area contributed by atoms with Crippen molar-refractivity contribution in [2.24, 2.45) is 11.7 Å². The number of hydrogen-bond donors (Lipinski definition) is 3. The Labute approximate surface area is 115 Å². The summed E-state index contributed by atoms with van der Waals surface area (Å²) in [6.07, 6.45) is 0. The fourth-order valence-electron chi connectivity index (χ4n) is 1.52. The summed E-state index contributed by atoms with van der Waals surface area (Å²) < 4.78 is 3.53. The zero-order valence-electron chi connectivity index (χ0n) is 11.6. The van der Waals surface area contributed by atoms with E-state index >= 15 is 0 Å². The Bertz CT molecular complexity index is 324. The predicted molar refractivity (Wildman–Crippen MR) is 80.7 cm³/mol. The van der Waals surface area contributed by atoms with E-state index in [-0.39, 0.29) is 0 Å². The lowest BCUT2D eigenvalue weighted by atomic mass is 10.1. The van der Waals surface area contributed by atoms with Crippen molar-refractivity contribution in [3.05, 3.63) is 29.8 Å². The van der Waals surface area contributed by atoms with E-state index < -0.39 is 0 Å². The number of aryl methyl sites for hydroxylation is 1. The van der Waals surface area contributed by atoms with Crippen molar-refractivity contribution in [2.45, 2.75) is 31.7 Å². The summed E-state index contributed by atoms with van der Waals surface area (Å²) >= 11 is 1.70. The van der Waals surface area contributed by atoms with Gasteiger partial charge in [-0.25, -0.2) is 0 Å². The average molecular weight is 267 g/mol. The number of benzene rings is 1. The minimum atomic E-state index is 0.447. The van der Waals surface area contributed by atoms with Crippen LogP contribution in [0.5, 0.6) is 0 Å². The molecule has 1 unspecified atom stereocenters. The molecule has 3 nitrogen and oxygen atoms in total. The number of nitrogens with two attached hydrogens (primary N) is 1. The minimum Gasteiger partial charge on any atom is -0.329 e. The molecule has 0 spiro atoms. The van der Waals surface area contributed by atoms with E-state index in [4.69, 9.17) is 5.73 Å². The summed E-state index contributed by atoms with van der Waals surface area (Å²) in [5.74, 6) is 0.591. The van der Waals surface area contributed by atoms with Crippen molar-refractivity contribution in [1.29, 1.82) is 0 Å². The molecule has 0 aliphatic carbocycles. The van der Waals surface area contributed by atoms with Gasteiger partial charge in [0.25, 0.3) is 0 Å². The van der Waals surface area contributed by atoms with Gasteiger partial charge in [-0.05, 0) is 36.9 Å². The third-order valence-electron chi connectivity index (χ3n) is 2.84. The highest BCUT2D eigenvalue weighted by atomic mass is 32.2. The first-order valence-electron chi connectivity index (χ1n) is 6.53. The van der Waals surface area contributed by atoms with E-state index in [1.165, 1.54) is 10.5 Å². The van der Waals surface area contributed by atoms with Gasteiger partial charge in [0.05, 0.1) is 0 Å². The SMILES string of the molecule is Cc1ccc(SNC(CNCCN)C(C)C)cc1. The van der Waals surface area contributed by atoms with Gasteiger partial charge in [-0.2, -0.15) is 0 Å². The molecule has 0 amide bonds. The molecule has 0 aromatic heterocycles. The molecule has 4 N–H and O–H groups in total. The van der Waals surface area contributed by atoms with Crippen molar-refractivity contribution in [3.8, 4) is 0 Å². The molecular formula is C14H25N3S. The van der Waals surface area contributed by atoms with E-state index in [0.717, 1.165) is 13.1 Å². The maximum absolute atomic E-state index is 5.48. The molecule has 0 heterocycles. The van der Waals surface area contributed by atoms with Crippen LogP contribution in [0.15, 0.2) is 29.2 Å². The van der Waals surface area contributed by atoms with Crippen LogP contribution in [0.1, 0.15) is 19.4 Å². The van der Waals surface area contributed by atoms with E-state index in [1.54, 1.807) is 11.9 Å². The zero-order valence-corrected chi connectivity index (χ0v) is 12.4. The summed E-state index contributed by atoms with van der Waals surface area (Å²) in [6, 6.07) is 9.03. The van der Waals surface area contributed by atoms with Gasteiger partial charge in [-0.15, -0.1) is 0 Å². The molecular weight excluding hydrogens is 242 g/mol. The van der Waals surface area contributed by atoms with Gasteiger partial charge in [0.15, 0.2) is 0 Å². The van der Waals surface area contributed by atoms with Crippen LogP contribution in [0.25, 0.3) is 0 Å². The monoisotopic (exact) mass is 267 g/mol. The summed E-state index contributed by atoms with van der Waals surface area (Å²) in [7, 11) is 0. The lowest BCUT2D eigenvalue weighted by molar-refractivity contribution is 0.439. The summed E-state index contributed by atoms with van der Waals surface area (Å²) in [6.45, 7) is 9.09. The fraction of sp³-hybridized carbons (Fsp3) is 0.571. The topological polar surface area (TPSA) is 50.1 Å². The Kier molecular flexibility index (Phi) is 7.35. The first-order chi connectivity index (χ1) is 8.63. The van der Waals surface area contributed by atoms with Crippen LogP contribution in [0.2, 0.25) is 0 Å². The summed E-state index contributed by atoms with van der Waals surface area (Å²) in [5, 5.41) is 3.36. The van der Waals surface area contributed by atoms with Crippen LogP contribution in [-0.4, -0.2) is 25.7 Å². The maximum atomic E-state index is 5.48. The zero-order chi connectivity index (χ0) is 13.4. The lowest BCUT2D eigenvalue weighted by Crippen LogP contribution is -2.40. The van der Waals surface area contributed by atoms with Crippen molar-refractivity contribution in [2.75, 3.05) is 19.6 Å². The third-order valence-corrected chi connectivity index (χ3v) is 3.77. The Morgan fingerprint density at radius 1 is 1.22 bits per heavy atom. The molecule has 102 valence electrons. The van der Waals surface area contributed by atoms with Crippen LogP contribution < -0.4 is 15.8 Å². The number of hydrogen-bond acceptors (Lipinski definition) is 4. The summed E-state index contributed by atoms with van der Waals surface area (Å²) in [5.41, 5.74) is 6.78.